The number of carbonyl (C=O) groups excluding carboxylic acids is 1. The van der Waals surface area contributed by atoms with Crippen LogP contribution in [0.15, 0.2) is 54.9 Å². The predicted molar refractivity (Wildman–Crippen MR) is 131 cm³/mol. The van der Waals surface area contributed by atoms with Crippen molar-refractivity contribution >= 4 is 17.4 Å². The highest BCUT2D eigenvalue weighted by molar-refractivity contribution is 5.95. The molecule has 2 heterocycles. The van der Waals surface area contributed by atoms with E-state index in [2.05, 4.69) is 29.5 Å². The van der Waals surface area contributed by atoms with Crippen LogP contribution in [0.5, 0.6) is 11.5 Å². The second kappa shape index (κ2) is 8.70. The zero-order valence-corrected chi connectivity index (χ0v) is 19.1. The molecule has 1 aliphatic carbocycles. The van der Waals surface area contributed by atoms with E-state index in [0.717, 1.165) is 24.1 Å². The molecule has 2 aromatic carbocycles. The Hall–Kier alpha value is -4.07. The summed E-state index contributed by atoms with van der Waals surface area (Å²) in [4.78, 5) is 21.7. The summed E-state index contributed by atoms with van der Waals surface area (Å²) in [6, 6.07) is 12.2. The van der Waals surface area contributed by atoms with Crippen LogP contribution >= 0.6 is 0 Å². The minimum atomic E-state index is -0.0532. The van der Waals surface area contributed by atoms with Crippen molar-refractivity contribution in [3.63, 3.8) is 0 Å². The summed E-state index contributed by atoms with van der Waals surface area (Å²) in [6.45, 7) is 4.93. The van der Waals surface area contributed by atoms with Gasteiger partial charge in [0.25, 0.3) is 5.91 Å². The average Bonchev–Trinajstić information content (AvgIpc) is 3.51. The molecule has 0 spiro atoms. The number of carbonyl (C=O) groups is 1. The molecule has 174 valence electrons. The van der Waals surface area contributed by atoms with E-state index in [9.17, 15) is 15.0 Å². The van der Waals surface area contributed by atoms with Crippen molar-refractivity contribution < 1.29 is 15.0 Å². The van der Waals surface area contributed by atoms with Gasteiger partial charge in [0.1, 0.15) is 11.5 Å². The number of amides is 1. The number of rotatable bonds is 7. The molecule has 0 atom stereocenters. The number of fused-ring (bicyclic) bond motifs is 1. The SMILES string of the molecule is CC(C)CNc1nc(-c2cc(O)cc(O)c2)cn2c(-c3ccc(C(=O)NC4CC4)cc3)cnc12. The van der Waals surface area contributed by atoms with E-state index < -0.39 is 0 Å². The van der Waals surface area contributed by atoms with Crippen LogP contribution in [0.1, 0.15) is 37.0 Å². The Morgan fingerprint density at radius 3 is 2.44 bits per heavy atom. The fourth-order valence-electron chi connectivity index (χ4n) is 3.79. The number of nitrogens with zero attached hydrogens (tertiary/aromatic N) is 3. The number of aromatic nitrogens is 3. The van der Waals surface area contributed by atoms with E-state index in [0.29, 0.717) is 46.8 Å². The molecule has 0 saturated heterocycles. The van der Waals surface area contributed by atoms with Gasteiger partial charge in [-0.15, -0.1) is 0 Å². The van der Waals surface area contributed by atoms with Crippen LogP contribution in [-0.2, 0) is 0 Å². The molecule has 34 heavy (non-hydrogen) atoms. The van der Waals surface area contributed by atoms with Gasteiger partial charge in [-0.3, -0.25) is 9.20 Å². The molecular formula is C26H27N5O3. The van der Waals surface area contributed by atoms with Crippen LogP contribution in [-0.4, -0.2) is 43.1 Å². The Kier molecular flexibility index (Phi) is 5.57. The van der Waals surface area contributed by atoms with Crippen LogP contribution in [0.3, 0.4) is 0 Å². The van der Waals surface area contributed by atoms with Crippen LogP contribution in [0, 0.1) is 5.92 Å². The first-order valence-electron chi connectivity index (χ1n) is 11.4. The lowest BCUT2D eigenvalue weighted by Gasteiger charge is -2.13. The number of aromatic hydroxyl groups is 2. The molecule has 1 amide bonds. The fraction of sp³-hybridized carbons (Fsp3) is 0.269. The molecule has 0 bridgehead atoms. The molecule has 2 aromatic heterocycles. The van der Waals surface area contributed by atoms with Gasteiger partial charge in [-0.05, 0) is 43.0 Å². The third kappa shape index (κ3) is 4.52. The smallest absolute Gasteiger partial charge is 0.251 e. The Morgan fingerprint density at radius 1 is 1.09 bits per heavy atom. The molecule has 8 heteroatoms. The summed E-state index contributed by atoms with van der Waals surface area (Å²) < 4.78 is 1.94. The third-order valence-corrected chi connectivity index (χ3v) is 5.72. The zero-order chi connectivity index (χ0) is 23.8. The first kappa shape index (κ1) is 21.8. The number of hydrogen-bond acceptors (Lipinski definition) is 6. The second-order valence-electron chi connectivity index (χ2n) is 9.15. The third-order valence-electron chi connectivity index (χ3n) is 5.72. The number of phenolic OH excluding ortho intramolecular Hbond substituents is 2. The zero-order valence-electron chi connectivity index (χ0n) is 19.1. The number of nitrogens with one attached hydrogen (secondary N) is 2. The van der Waals surface area contributed by atoms with Gasteiger partial charge in [-0.25, -0.2) is 9.97 Å². The molecule has 1 fully saturated rings. The van der Waals surface area contributed by atoms with Gasteiger partial charge < -0.3 is 20.8 Å². The van der Waals surface area contributed by atoms with Crippen LogP contribution in [0.4, 0.5) is 5.82 Å². The van der Waals surface area contributed by atoms with E-state index in [-0.39, 0.29) is 17.4 Å². The van der Waals surface area contributed by atoms with E-state index in [1.165, 1.54) is 6.07 Å². The molecule has 8 nitrogen and oxygen atoms in total. The van der Waals surface area contributed by atoms with Crippen LogP contribution in [0.2, 0.25) is 0 Å². The van der Waals surface area contributed by atoms with Gasteiger partial charge >= 0.3 is 0 Å². The first-order valence-corrected chi connectivity index (χ1v) is 11.4. The molecule has 4 aromatic rings. The van der Waals surface area contributed by atoms with Crippen molar-refractivity contribution in [2.45, 2.75) is 32.7 Å². The molecule has 0 radical (unpaired) electrons. The van der Waals surface area contributed by atoms with Crippen molar-refractivity contribution in [2.24, 2.45) is 5.92 Å². The summed E-state index contributed by atoms with van der Waals surface area (Å²) in [5.74, 6) is 0.876. The van der Waals surface area contributed by atoms with Crippen LogP contribution in [0.25, 0.3) is 28.2 Å². The van der Waals surface area contributed by atoms with Gasteiger partial charge in [-0.1, -0.05) is 26.0 Å². The number of hydrogen-bond donors (Lipinski definition) is 4. The van der Waals surface area contributed by atoms with E-state index >= 15 is 0 Å². The Balaban J connectivity index is 1.57. The number of anilines is 1. The van der Waals surface area contributed by atoms with Crippen molar-refractivity contribution in [1.82, 2.24) is 19.7 Å². The predicted octanol–water partition coefficient (Wildman–Crippen LogP) is 4.43. The molecule has 0 aliphatic heterocycles. The highest BCUT2D eigenvalue weighted by Gasteiger charge is 2.24. The molecular weight excluding hydrogens is 430 g/mol. The summed E-state index contributed by atoms with van der Waals surface area (Å²) in [6.07, 6.45) is 5.71. The fourth-order valence-corrected chi connectivity index (χ4v) is 3.79. The molecule has 4 N–H and O–H groups in total. The van der Waals surface area contributed by atoms with Crippen molar-refractivity contribution in [2.75, 3.05) is 11.9 Å². The minimum Gasteiger partial charge on any atom is -0.508 e. The van der Waals surface area contributed by atoms with Gasteiger partial charge in [0.05, 0.1) is 17.6 Å². The topological polar surface area (TPSA) is 112 Å². The van der Waals surface area contributed by atoms with Crippen LogP contribution < -0.4 is 10.6 Å². The maximum Gasteiger partial charge on any atom is 0.251 e. The first-order chi connectivity index (χ1) is 16.4. The maximum atomic E-state index is 12.3. The summed E-state index contributed by atoms with van der Waals surface area (Å²) in [7, 11) is 0. The van der Waals surface area contributed by atoms with E-state index in [1.807, 2.05) is 34.9 Å². The maximum absolute atomic E-state index is 12.3. The Bertz CT molecular complexity index is 1340. The molecule has 0 unspecified atom stereocenters. The van der Waals surface area contributed by atoms with Gasteiger partial charge in [-0.2, -0.15) is 0 Å². The largest absolute Gasteiger partial charge is 0.508 e. The summed E-state index contributed by atoms with van der Waals surface area (Å²) >= 11 is 0. The van der Waals surface area contributed by atoms with Crippen molar-refractivity contribution in [3.8, 4) is 34.0 Å². The van der Waals surface area contributed by atoms with E-state index in [4.69, 9.17) is 4.98 Å². The average molecular weight is 458 g/mol. The monoisotopic (exact) mass is 457 g/mol. The lowest BCUT2D eigenvalue weighted by Crippen LogP contribution is -2.25. The lowest BCUT2D eigenvalue weighted by molar-refractivity contribution is 0.0951. The molecule has 1 aliphatic rings. The minimum absolute atomic E-state index is 0.0421. The highest BCUT2D eigenvalue weighted by atomic mass is 16.3. The number of benzene rings is 2. The van der Waals surface area contributed by atoms with Gasteiger partial charge in [0, 0.05) is 41.5 Å². The van der Waals surface area contributed by atoms with Gasteiger partial charge in [0.15, 0.2) is 11.5 Å². The lowest BCUT2D eigenvalue weighted by atomic mass is 10.1. The standard InChI is InChI=1S/C26H27N5O3/c1-15(2)12-27-24-25-28-13-23(16-3-5-17(6-4-16)26(34)29-19-7-8-19)31(25)14-22(30-24)18-9-20(32)11-21(33)10-18/h3-6,9-11,13-15,19,32-33H,7-8,12H2,1-2H3,(H,27,30)(H,29,34). The molecule has 1 saturated carbocycles. The second-order valence-corrected chi connectivity index (χ2v) is 9.15. The number of imidazole rings is 1. The number of phenols is 2. The normalized spacial score (nSPS) is 13.4. The Morgan fingerprint density at radius 2 is 1.79 bits per heavy atom. The van der Waals surface area contributed by atoms with E-state index in [1.54, 1.807) is 18.3 Å². The quantitative estimate of drug-likeness (QED) is 0.327. The van der Waals surface area contributed by atoms with Gasteiger partial charge in [0.2, 0.25) is 0 Å². The molecule has 5 rings (SSSR count). The Labute approximate surface area is 197 Å². The highest BCUT2D eigenvalue weighted by Crippen LogP contribution is 2.31. The summed E-state index contributed by atoms with van der Waals surface area (Å²) in [5, 5.41) is 26.3. The summed E-state index contributed by atoms with van der Waals surface area (Å²) in [5.41, 5.74) is 4.19. The van der Waals surface area contributed by atoms with Crippen molar-refractivity contribution in [3.05, 3.63) is 60.4 Å². The van der Waals surface area contributed by atoms with Crippen molar-refractivity contribution in [1.29, 1.82) is 0 Å².